The summed E-state index contributed by atoms with van der Waals surface area (Å²) in [5.74, 6) is -0.542. The highest BCUT2D eigenvalue weighted by Crippen LogP contribution is 2.37. The molecule has 8 nitrogen and oxygen atoms in total. The van der Waals surface area contributed by atoms with E-state index < -0.39 is 32.2 Å². The van der Waals surface area contributed by atoms with E-state index in [9.17, 15) is 17.6 Å². The van der Waals surface area contributed by atoms with E-state index >= 15 is 0 Å². The molecule has 0 unspecified atom stereocenters. The maximum atomic E-state index is 14.4. The zero-order valence-electron chi connectivity index (χ0n) is 16.1. The summed E-state index contributed by atoms with van der Waals surface area (Å²) >= 11 is 0. The number of hydrogen-bond acceptors (Lipinski definition) is 6. The molecule has 0 atom stereocenters. The van der Waals surface area contributed by atoms with E-state index in [2.05, 4.69) is 15.5 Å². The van der Waals surface area contributed by atoms with Crippen LogP contribution in [0.1, 0.15) is 60.6 Å². The molecule has 1 amide bonds. The highest BCUT2D eigenvalue weighted by molar-refractivity contribution is 7.89. The second kappa shape index (κ2) is 7.49. The van der Waals surface area contributed by atoms with Gasteiger partial charge in [-0.3, -0.25) is 4.79 Å². The molecular weight excluding hydrogens is 399 g/mol. The molecule has 4 rings (SSSR count). The molecule has 1 aromatic heterocycles. The molecule has 0 bridgehead atoms. The van der Waals surface area contributed by atoms with Gasteiger partial charge in [-0.05, 0) is 43.9 Å². The number of aryl methyl sites for hydroxylation is 1. The fourth-order valence-corrected chi connectivity index (χ4v) is 5.68. The van der Waals surface area contributed by atoms with Crippen molar-refractivity contribution in [3.8, 4) is 0 Å². The van der Waals surface area contributed by atoms with Gasteiger partial charge < -0.3 is 9.84 Å². The Labute approximate surface area is 168 Å². The van der Waals surface area contributed by atoms with Crippen molar-refractivity contribution in [3.63, 3.8) is 0 Å². The molecule has 2 aliphatic rings. The van der Waals surface area contributed by atoms with Gasteiger partial charge in [-0.25, -0.2) is 12.8 Å². The summed E-state index contributed by atoms with van der Waals surface area (Å²) in [5.41, 5.74) is -0.687. The van der Waals surface area contributed by atoms with Crippen molar-refractivity contribution in [3.05, 3.63) is 41.3 Å². The van der Waals surface area contributed by atoms with E-state index in [1.807, 2.05) is 0 Å². The van der Waals surface area contributed by atoms with Crippen LogP contribution in [0.2, 0.25) is 0 Å². The van der Waals surface area contributed by atoms with Crippen molar-refractivity contribution in [2.45, 2.75) is 55.9 Å². The first-order chi connectivity index (χ1) is 13.8. The summed E-state index contributed by atoms with van der Waals surface area (Å²) in [7, 11) is -3.98. The summed E-state index contributed by atoms with van der Waals surface area (Å²) in [4.78, 5) is 16.8. The maximum absolute atomic E-state index is 14.4. The molecule has 1 saturated carbocycles. The zero-order valence-corrected chi connectivity index (χ0v) is 17.0. The fraction of sp³-hybridized carbons (Fsp3) is 0.526. The van der Waals surface area contributed by atoms with Crippen LogP contribution >= 0.6 is 0 Å². The second-order valence-corrected chi connectivity index (χ2v) is 9.54. The Hall–Kier alpha value is -2.33. The molecule has 156 valence electrons. The molecule has 0 spiro atoms. The van der Waals surface area contributed by atoms with Crippen LogP contribution in [-0.4, -0.2) is 41.9 Å². The van der Waals surface area contributed by atoms with Crippen molar-refractivity contribution in [2.24, 2.45) is 0 Å². The van der Waals surface area contributed by atoms with Gasteiger partial charge in [0.15, 0.2) is 5.82 Å². The van der Waals surface area contributed by atoms with Crippen LogP contribution in [-0.2, 0) is 15.6 Å². The van der Waals surface area contributed by atoms with Crippen LogP contribution in [0.25, 0.3) is 0 Å². The highest BCUT2D eigenvalue weighted by Gasteiger charge is 2.41. The minimum atomic E-state index is -3.98. The van der Waals surface area contributed by atoms with Crippen molar-refractivity contribution in [1.29, 1.82) is 0 Å². The maximum Gasteiger partial charge on any atom is 0.252 e. The number of benzene rings is 1. The SMILES string of the molecule is Cc1nc(C2(NC(=O)c3ccc(F)c(S(=O)(=O)N4CCCC4)c3)CCCC2)no1. The summed E-state index contributed by atoms with van der Waals surface area (Å²) in [6, 6.07) is 3.43. The third-order valence-electron chi connectivity index (χ3n) is 5.64. The normalized spacial score (nSPS) is 19.5. The van der Waals surface area contributed by atoms with Gasteiger partial charge >= 0.3 is 0 Å². The number of aromatic nitrogens is 2. The summed E-state index contributed by atoms with van der Waals surface area (Å²) < 4.78 is 46.3. The van der Waals surface area contributed by atoms with Crippen LogP contribution in [0.4, 0.5) is 4.39 Å². The van der Waals surface area contributed by atoms with E-state index in [-0.39, 0.29) is 5.56 Å². The Balaban J connectivity index is 1.64. The summed E-state index contributed by atoms with van der Waals surface area (Å²) in [5, 5.41) is 6.93. The van der Waals surface area contributed by atoms with Crippen molar-refractivity contribution in [1.82, 2.24) is 19.8 Å². The number of halogens is 1. The Morgan fingerprint density at radius 2 is 1.90 bits per heavy atom. The van der Waals surface area contributed by atoms with Gasteiger partial charge in [-0.2, -0.15) is 9.29 Å². The monoisotopic (exact) mass is 422 g/mol. The average Bonchev–Trinajstić information content (AvgIpc) is 3.44. The minimum absolute atomic E-state index is 0.0793. The Kier molecular flexibility index (Phi) is 5.16. The van der Waals surface area contributed by atoms with Crippen LogP contribution in [0.3, 0.4) is 0 Å². The molecule has 1 aromatic carbocycles. The van der Waals surface area contributed by atoms with E-state index in [0.717, 1.165) is 37.8 Å². The van der Waals surface area contributed by atoms with E-state index in [1.54, 1.807) is 6.92 Å². The number of rotatable bonds is 5. The van der Waals surface area contributed by atoms with Gasteiger partial charge in [0, 0.05) is 25.6 Å². The number of nitrogens with one attached hydrogen (secondary N) is 1. The van der Waals surface area contributed by atoms with Gasteiger partial charge in [0.2, 0.25) is 15.9 Å². The third kappa shape index (κ3) is 3.66. The highest BCUT2D eigenvalue weighted by atomic mass is 32.2. The molecule has 10 heteroatoms. The standard InChI is InChI=1S/C19H23FN4O4S/c1-13-21-18(23-28-13)19(8-2-3-9-19)22-17(25)14-6-7-15(20)16(12-14)29(26,27)24-10-4-5-11-24/h6-7,12H,2-5,8-11H2,1H3,(H,22,25). The smallest absolute Gasteiger partial charge is 0.252 e. The number of hydrogen-bond donors (Lipinski definition) is 1. The topological polar surface area (TPSA) is 105 Å². The van der Waals surface area contributed by atoms with E-state index in [1.165, 1.54) is 10.4 Å². The number of sulfonamides is 1. The Morgan fingerprint density at radius 3 is 2.52 bits per heavy atom. The molecule has 1 aliphatic carbocycles. The van der Waals surface area contributed by atoms with Crippen LogP contribution < -0.4 is 5.32 Å². The molecule has 2 heterocycles. The molecule has 1 aliphatic heterocycles. The number of carbonyl (C=O) groups excluding carboxylic acids is 1. The molecule has 2 fully saturated rings. The second-order valence-electron chi connectivity index (χ2n) is 7.64. The van der Waals surface area contributed by atoms with Gasteiger partial charge in [0.05, 0.1) is 0 Å². The third-order valence-corrected chi connectivity index (χ3v) is 7.56. The van der Waals surface area contributed by atoms with E-state index in [0.29, 0.717) is 37.6 Å². The number of carbonyl (C=O) groups is 1. The lowest BCUT2D eigenvalue weighted by molar-refractivity contribution is 0.0891. The number of amides is 1. The van der Waals surface area contributed by atoms with E-state index in [4.69, 9.17) is 4.52 Å². The number of nitrogens with zero attached hydrogens (tertiary/aromatic N) is 3. The fourth-order valence-electron chi connectivity index (χ4n) is 4.08. The molecule has 0 radical (unpaired) electrons. The van der Waals surface area contributed by atoms with Crippen LogP contribution in [0, 0.1) is 12.7 Å². The molecule has 2 aromatic rings. The predicted octanol–water partition coefficient (Wildman–Crippen LogP) is 2.50. The lowest BCUT2D eigenvalue weighted by Gasteiger charge is -2.27. The largest absolute Gasteiger partial charge is 0.340 e. The lowest BCUT2D eigenvalue weighted by Crippen LogP contribution is -2.44. The quantitative estimate of drug-likeness (QED) is 0.794. The van der Waals surface area contributed by atoms with Crippen molar-refractivity contribution < 1.29 is 22.1 Å². The van der Waals surface area contributed by atoms with Gasteiger partial charge in [-0.1, -0.05) is 18.0 Å². The van der Waals surface area contributed by atoms with Gasteiger partial charge in [0.25, 0.3) is 5.91 Å². The Morgan fingerprint density at radius 1 is 1.21 bits per heavy atom. The van der Waals surface area contributed by atoms with Crippen molar-refractivity contribution in [2.75, 3.05) is 13.1 Å². The first-order valence-electron chi connectivity index (χ1n) is 9.75. The summed E-state index contributed by atoms with van der Waals surface area (Å²) in [6.07, 6.45) is 4.58. The molecule has 1 N–H and O–H groups in total. The molecule has 1 saturated heterocycles. The predicted molar refractivity (Wildman–Crippen MR) is 101 cm³/mol. The van der Waals surface area contributed by atoms with Gasteiger partial charge in [0.1, 0.15) is 16.3 Å². The average molecular weight is 422 g/mol. The molecular formula is C19H23FN4O4S. The summed E-state index contributed by atoms with van der Waals surface area (Å²) in [6.45, 7) is 2.40. The van der Waals surface area contributed by atoms with Crippen LogP contribution in [0.5, 0.6) is 0 Å². The first-order valence-corrected chi connectivity index (χ1v) is 11.2. The van der Waals surface area contributed by atoms with Gasteiger partial charge in [-0.15, -0.1) is 0 Å². The Bertz CT molecular complexity index is 1020. The zero-order chi connectivity index (χ0) is 20.6. The van der Waals surface area contributed by atoms with Crippen molar-refractivity contribution >= 4 is 15.9 Å². The van der Waals surface area contributed by atoms with Crippen LogP contribution in [0.15, 0.2) is 27.6 Å². The minimum Gasteiger partial charge on any atom is -0.340 e. The lowest BCUT2D eigenvalue weighted by atomic mass is 9.96. The first kappa shape index (κ1) is 20.0. The molecule has 29 heavy (non-hydrogen) atoms.